The second kappa shape index (κ2) is 9.25. The Kier molecular flexibility index (Phi) is 6.35. The van der Waals surface area contributed by atoms with Crippen molar-refractivity contribution in [3.05, 3.63) is 89.3 Å². The molecule has 1 saturated heterocycles. The van der Waals surface area contributed by atoms with Crippen LogP contribution < -0.4 is 14.4 Å². The van der Waals surface area contributed by atoms with Crippen molar-refractivity contribution < 1.29 is 24.2 Å². The number of hydrogen-bond donors (Lipinski definition) is 1. The highest BCUT2D eigenvalue weighted by Gasteiger charge is 2.47. The van der Waals surface area contributed by atoms with Crippen molar-refractivity contribution >= 4 is 23.1 Å². The number of aromatic nitrogens is 1. The Bertz CT molecular complexity index is 1310. The van der Waals surface area contributed by atoms with Crippen LogP contribution in [0.5, 0.6) is 11.5 Å². The number of hydrogen-bond acceptors (Lipinski definition) is 6. The maximum atomic E-state index is 13.4. The highest BCUT2D eigenvalue weighted by atomic mass is 16.5. The number of pyridine rings is 1. The zero-order chi connectivity index (χ0) is 25.3. The minimum absolute atomic E-state index is 0.0200. The minimum Gasteiger partial charge on any atom is -0.507 e. The predicted octanol–water partition coefficient (Wildman–Crippen LogP) is 5.02. The normalized spacial score (nSPS) is 17.5. The molecule has 35 heavy (non-hydrogen) atoms. The van der Waals surface area contributed by atoms with E-state index in [2.05, 4.69) is 25.8 Å². The van der Waals surface area contributed by atoms with Gasteiger partial charge < -0.3 is 14.6 Å². The molecule has 0 bridgehead atoms. The number of aliphatic hydroxyl groups excluding tert-OH is 1. The summed E-state index contributed by atoms with van der Waals surface area (Å²) in [6, 6.07) is 15.0. The molecule has 1 unspecified atom stereocenters. The van der Waals surface area contributed by atoms with Crippen molar-refractivity contribution in [1.82, 2.24) is 4.98 Å². The Balaban J connectivity index is 1.98. The van der Waals surface area contributed by atoms with Crippen LogP contribution in [0.25, 0.3) is 5.76 Å². The zero-order valence-corrected chi connectivity index (χ0v) is 20.4. The quantitative estimate of drug-likeness (QED) is 0.319. The fourth-order valence-electron chi connectivity index (χ4n) is 4.22. The summed E-state index contributed by atoms with van der Waals surface area (Å²) in [5.41, 5.74) is 2.18. The number of amides is 1. The number of benzene rings is 2. The van der Waals surface area contributed by atoms with Gasteiger partial charge in [-0.2, -0.15) is 0 Å². The first kappa shape index (κ1) is 24.0. The van der Waals surface area contributed by atoms with Gasteiger partial charge in [0.1, 0.15) is 17.3 Å². The van der Waals surface area contributed by atoms with Gasteiger partial charge >= 0.3 is 0 Å². The van der Waals surface area contributed by atoms with Crippen LogP contribution in [0.3, 0.4) is 0 Å². The number of rotatable bonds is 5. The smallest absolute Gasteiger partial charge is 0.300 e. The van der Waals surface area contributed by atoms with Gasteiger partial charge in [0.25, 0.3) is 11.7 Å². The molecule has 0 spiro atoms. The van der Waals surface area contributed by atoms with E-state index in [1.807, 2.05) is 6.07 Å². The van der Waals surface area contributed by atoms with Gasteiger partial charge in [0.15, 0.2) is 0 Å². The van der Waals surface area contributed by atoms with Crippen LogP contribution in [0.2, 0.25) is 0 Å². The van der Waals surface area contributed by atoms with E-state index in [0.717, 1.165) is 5.56 Å². The maximum absolute atomic E-state index is 13.4. The van der Waals surface area contributed by atoms with Gasteiger partial charge in [0.2, 0.25) is 0 Å². The van der Waals surface area contributed by atoms with E-state index in [1.54, 1.807) is 60.9 Å². The first-order chi connectivity index (χ1) is 16.7. The lowest BCUT2D eigenvalue weighted by molar-refractivity contribution is -0.132. The Hall–Kier alpha value is -4.13. The first-order valence-electron chi connectivity index (χ1n) is 11.2. The number of carbonyl (C=O) groups is 2. The van der Waals surface area contributed by atoms with Gasteiger partial charge in [0.05, 0.1) is 31.4 Å². The van der Waals surface area contributed by atoms with E-state index in [0.29, 0.717) is 28.3 Å². The average Bonchev–Trinajstić information content (AvgIpc) is 3.13. The number of methoxy groups -OCH3 is 2. The van der Waals surface area contributed by atoms with Crippen molar-refractivity contribution in [2.75, 3.05) is 19.1 Å². The number of ketones is 1. The second-order valence-electron chi connectivity index (χ2n) is 9.32. The van der Waals surface area contributed by atoms with E-state index in [4.69, 9.17) is 9.47 Å². The molecule has 0 saturated carbocycles. The van der Waals surface area contributed by atoms with Crippen LogP contribution in [0, 0.1) is 0 Å². The second-order valence-corrected chi connectivity index (χ2v) is 9.32. The van der Waals surface area contributed by atoms with Gasteiger partial charge in [-0.15, -0.1) is 0 Å². The van der Waals surface area contributed by atoms with Gasteiger partial charge in [0, 0.05) is 24.1 Å². The summed E-state index contributed by atoms with van der Waals surface area (Å²) >= 11 is 0. The lowest BCUT2D eigenvalue weighted by Gasteiger charge is -2.26. The standard InChI is InChI=1S/C28H28N2O5/c1-28(2,3)18-9-10-22(35-5)21(15-18)25(31)23-24(17-11-13-29-14-12-17)30(27(33)26(23)32)19-7-6-8-20(16-19)34-4/h6-16,24,31H,1-5H3/b25-23+. The van der Waals surface area contributed by atoms with Crippen molar-refractivity contribution in [2.45, 2.75) is 32.2 Å². The van der Waals surface area contributed by atoms with Crippen molar-refractivity contribution in [3.8, 4) is 11.5 Å². The van der Waals surface area contributed by atoms with Gasteiger partial charge in [-0.1, -0.05) is 32.9 Å². The molecule has 0 radical (unpaired) electrons. The molecule has 1 N–H and O–H groups in total. The molecule has 0 aliphatic carbocycles. The van der Waals surface area contributed by atoms with Crippen LogP contribution in [0.4, 0.5) is 5.69 Å². The summed E-state index contributed by atoms with van der Waals surface area (Å²) in [6.45, 7) is 6.16. The van der Waals surface area contributed by atoms with Crippen LogP contribution >= 0.6 is 0 Å². The largest absolute Gasteiger partial charge is 0.507 e. The highest BCUT2D eigenvalue weighted by Crippen LogP contribution is 2.44. The Morgan fingerprint density at radius 1 is 0.971 bits per heavy atom. The van der Waals surface area contributed by atoms with Crippen molar-refractivity contribution in [3.63, 3.8) is 0 Å². The predicted molar refractivity (Wildman–Crippen MR) is 134 cm³/mol. The van der Waals surface area contributed by atoms with Crippen molar-refractivity contribution in [2.24, 2.45) is 0 Å². The molecule has 2 aromatic carbocycles. The van der Waals surface area contributed by atoms with E-state index in [-0.39, 0.29) is 16.7 Å². The molecule has 1 aromatic heterocycles. The fraction of sp³-hybridized carbons (Fsp3) is 0.250. The summed E-state index contributed by atoms with van der Waals surface area (Å²) in [4.78, 5) is 32.2. The number of anilines is 1. The summed E-state index contributed by atoms with van der Waals surface area (Å²) in [7, 11) is 3.03. The summed E-state index contributed by atoms with van der Waals surface area (Å²) in [6.07, 6.45) is 3.17. The molecular formula is C28H28N2O5. The molecule has 7 heteroatoms. The monoisotopic (exact) mass is 472 g/mol. The molecule has 2 heterocycles. The molecule has 1 aliphatic heterocycles. The number of Topliss-reactive ketones (excluding diaryl/α,β-unsaturated/α-hetero) is 1. The van der Waals surface area contributed by atoms with Crippen LogP contribution in [-0.2, 0) is 15.0 Å². The minimum atomic E-state index is -0.867. The van der Waals surface area contributed by atoms with Crippen molar-refractivity contribution in [1.29, 1.82) is 0 Å². The number of aliphatic hydroxyl groups is 1. The zero-order valence-electron chi connectivity index (χ0n) is 20.4. The van der Waals surface area contributed by atoms with E-state index in [9.17, 15) is 14.7 Å². The number of nitrogens with zero attached hydrogens (tertiary/aromatic N) is 2. The Morgan fingerprint density at radius 3 is 2.31 bits per heavy atom. The lowest BCUT2D eigenvalue weighted by atomic mass is 9.85. The molecule has 1 fully saturated rings. The first-order valence-corrected chi connectivity index (χ1v) is 11.2. The molecule has 3 aromatic rings. The molecule has 1 atom stereocenters. The lowest BCUT2D eigenvalue weighted by Crippen LogP contribution is -2.29. The third kappa shape index (κ3) is 4.37. The number of ether oxygens (including phenoxy) is 2. The third-order valence-electron chi connectivity index (χ3n) is 6.12. The van der Waals surface area contributed by atoms with Crippen LogP contribution in [0.1, 0.15) is 43.5 Å². The summed E-state index contributed by atoms with van der Waals surface area (Å²) < 4.78 is 10.8. The fourth-order valence-corrected chi connectivity index (χ4v) is 4.22. The number of carbonyl (C=O) groups excluding carboxylic acids is 2. The molecular weight excluding hydrogens is 444 g/mol. The molecule has 4 rings (SSSR count). The van der Waals surface area contributed by atoms with E-state index in [1.165, 1.54) is 19.1 Å². The molecule has 7 nitrogen and oxygen atoms in total. The topological polar surface area (TPSA) is 89.0 Å². The van der Waals surface area contributed by atoms with Gasteiger partial charge in [-0.25, -0.2) is 0 Å². The SMILES string of the molecule is COc1cccc(N2C(=O)C(=O)/C(=C(/O)c3cc(C(C)(C)C)ccc3OC)C2c2ccncc2)c1. The van der Waals surface area contributed by atoms with E-state index < -0.39 is 17.7 Å². The molecule has 1 aliphatic rings. The Morgan fingerprint density at radius 2 is 1.69 bits per heavy atom. The van der Waals surface area contributed by atoms with E-state index >= 15 is 0 Å². The third-order valence-corrected chi connectivity index (χ3v) is 6.12. The highest BCUT2D eigenvalue weighted by molar-refractivity contribution is 6.51. The van der Waals surface area contributed by atoms with Gasteiger partial charge in [-0.3, -0.25) is 19.5 Å². The summed E-state index contributed by atoms with van der Waals surface area (Å²) in [5, 5.41) is 11.6. The van der Waals surface area contributed by atoms with Gasteiger partial charge in [-0.05, 0) is 52.9 Å². The average molecular weight is 473 g/mol. The Labute approximate surface area is 204 Å². The van der Waals surface area contributed by atoms with Crippen LogP contribution in [-0.4, -0.2) is 36.0 Å². The molecule has 1 amide bonds. The van der Waals surface area contributed by atoms with Crippen LogP contribution in [0.15, 0.2) is 72.6 Å². The molecule has 180 valence electrons. The summed E-state index contributed by atoms with van der Waals surface area (Å²) in [5.74, 6) is -0.879. The maximum Gasteiger partial charge on any atom is 0.300 e.